The van der Waals surface area contributed by atoms with Crippen molar-refractivity contribution in [2.45, 2.75) is 20.0 Å². The molecular weight excluding hydrogens is 414 g/mol. The normalized spacial score (nSPS) is 12.4. The van der Waals surface area contributed by atoms with Gasteiger partial charge in [0, 0.05) is 4.47 Å². The van der Waals surface area contributed by atoms with E-state index in [4.69, 9.17) is 9.84 Å². The zero-order valence-electron chi connectivity index (χ0n) is 14.6. The van der Waals surface area contributed by atoms with Gasteiger partial charge in [-0.3, -0.25) is 4.79 Å². The van der Waals surface area contributed by atoms with Crippen LogP contribution in [0.2, 0.25) is 0 Å². The third-order valence-corrected chi connectivity index (χ3v) is 4.33. The van der Waals surface area contributed by atoms with E-state index in [0.717, 1.165) is 10.0 Å². The molecule has 0 aliphatic heterocycles. The molecule has 0 saturated heterocycles. The molecule has 0 saturated carbocycles. The number of rotatable bonds is 5. The molecule has 0 spiro atoms. The van der Waals surface area contributed by atoms with E-state index >= 15 is 0 Å². The van der Waals surface area contributed by atoms with Gasteiger partial charge in [-0.25, -0.2) is 9.78 Å². The van der Waals surface area contributed by atoms with E-state index in [1.165, 1.54) is 17.8 Å². The molecule has 0 radical (unpaired) electrons. The van der Waals surface area contributed by atoms with Gasteiger partial charge in [0.25, 0.3) is 5.56 Å². The van der Waals surface area contributed by atoms with Crippen LogP contribution in [0.1, 0.15) is 18.3 Å². The average molecular weight is 430 g/mol. The third kappa shape index (κ3) is 4.22. The van der Waals surface area contributed by atoms with Crippen molar-refractivity contribution in [3.05, 3.63) is 68.7 Å². The number of hydrogen-bond donors (Lipinski definition) is 1. The van der Waals surface area contributed by atoms with Crippen molar-refractivity contribution in [3.63, 3.8) is 0 Å². The fourth-order valence-electron chi connectivity index (χ4n) is 2.41. The van der Waals surface area contributed by atoms with Crippen LogP contribution in [-0.2, 0) is 4.79 Å². The smallest absolute Gasteiger partial charge is 0.344 e. The Labute approximate surface area is 163 Å². The van der Waals surface area contributed by atoms with Gasteiger partial charge in [0.05, 0.1) is 17.1 Å². The zero-order valence-corrected chi connectivity index (χ0v) is 16.2. The van der Waals surface area contributed by atoms with Crippen LogP contribution in [0.25, 0.3) is 10.9 Å². The lowest BCUT2D eigenvalue weighted by Crippen LogP contribution is -2.22. The summed E-state index contributed by atoms with van der Waals surface area (Å²) in [6.45, 7) is 3.17. The van der Waals surface area contributed by atoms with Gasteiger partial charge in [-0.15, -0.1) is 0 Å². The summed E-state index contributed by atoms with van der Waals surface area (Å²) >= 11 is 3.35. The first kappa shape index (κ1) is 18.8. The number of carbonyl (C=O) groups is 1. The monoisotopic (exact) mass is 429 g/mol. The number of aromatic nitrogens is 2. The maximum absolute atomic E-state index is 12.7. The Balaban J connectivity index is 1.88. The molecule has 0 fully saturated rings. The predicted octanol–water partition coefficient (Wildman–Crippen LogP) is 3.20. The first-order valence-electron chi connectivity index (χ1n) is 8.08. The number of benzene rings is 2. The Morgan fingerprint density at radius 2 is 2.00 bits per heavy atom. The highest BCUT2D eigenvalue weighted by molar-refractivity contribution is 9.10. The van der Waals surface area contributed by atoms with Crippen LogP contribution in [0.5, 0.6) is 5.75 Å². The van der Waals surface area contributed by atoms with E-state index in [1.807, 2.05) is 6.07 Å². The number of halogens is 1. The number of carboxylic acids is 1. The molecule has 1 heterocycles. The van der Waals surface area contributed by atoms with Gasteiger partial charge in [0.1, 0.15) is 11.6 Å². The first-order chi connectivity index (χ1) is 12.8. The second kappa shape index (κ2) is 7.71. The number of hydrogen-bond acceptors (Lipinski definition) is 5. The van der Waals surface area contributed by atoms with Crippen molar-refractivity contribution in [3.8, 4) is 5.75 Å². The fourth-order valence-corrected chi connectivity index (χ4v) is 2.77. The molecule has 1 N–H and O–H groups in total. The summed E-state index contributed by atoms with van der Waals surface area (Å²) in [5, 5.41) is 13.6. The molecule has 3 rings (SSSR count). The molecule has 27 heavy (non-hydrogen) atoms. The maximum Gasteiger partial charge on any atom is 0.344 e. The largest absolute Gasteiger partial charge is 0.479 e. The zero-order chi connectivity index (χ0) is 19.6. The highest BCUT2D eigenvalue weighted by Crippen LogP contribution is 2.16. The van der Waals surface area contributed by atoms with Gasteiger partial charge in [-0.1, -0.05) is 15.9 Å². The molecule has 7 nitrogen and oxygen atoms in total. The van der Waals surface area contributed by atoms with Crippen LogP contribution in [0, 0.1) is 6.92 Å². The van der Waals surface area contributed by atoms with Gasteiger partial charge in [-0.2, -0.15) is 9.78 Å². The Hall–Kier alpha value is -3.00. The number of carboxylic acid groups (broad SMARTS) is 1. The van der Waals surface area contributed by atoms with Gasteiger partial charge in [0.2, 0.25) is 0 Å². The second-order valence-corrected chi connectivity index (χ2v) is 6.77. The van der Waals surface area contributed by atoms with Crippen LogP contribution in [-0.4, -0.2) is 33.1 Å². The molecular formula is C19H16BrN3O4. The summed E-state index contributed by atoms with van der Waals surface area (Å²) in [7, 11) is 0. The molecule has 0 aliphatic rings. The number of nitrogens with zero attached hydrogens (tertiary/aromatic N) is 3. The molecule has 1 atom stereocenters. The Kier molecular flexibility index (Phi) is 5.36. The van der Waals surface area contributed by atoms with E-state index in [0.29, 0.717) is 22.5 Å². The highest BCUT2D eigenvalue weighted by atomic mass is 79.9. The fraction of sp³-hybridized carbons (Fsp3) is 0.158. The maximum atomic E-state index is 12.7. The van der Waals surface area contributed by atoms with Crippen molar-refractivity contribution < 1.29 is 14.6 Å². The van der Waals surface area contributed by atoms with Crippen molar-refractivity contribution in [2.24, 2.45) is 5.10 Å². The topological polar surface area (TPSA) is 93.8 Å². The number of aliphatic carboxylic acids is 1. The lowest BCUT2D eigenvalue weighted by molar-refractivity contribution is -0.144. The van der Waals surface area contributed by atoms with Crippen LogP contribution < -0.4 is 10.3 Å². The second-order valence-electron chi connectivity index (χ2n) is 5.85. The summed E-state index contributed by atoms with van der Waals surface area (Å²) < 4.78 is 7.31. The third-order valence-electron chi connectivity index (χ3n) is 3.83. The predicted molar refractivity (Wildman–Crippen MR) is 106 cm³/mol. The molecule has 2 aromatic carbocycles. The number of aryl methyl sites for hydroxylation is 1. The van der Waals surface area contributed by atoms with Crippen molar-refractivity contribution in [1.29, 1.82) is 0 Å². The molecule has 1 aromatic heterocycles. The molecule has 0 bridgehead atoms. The SMILES string of the molecule is Cc1nc2ccc(Br)cc2c(=O)n1N=Cc1ccc(O[C@H](C)C(=O)O)cc1. The van der Waals surface area contributed by atoms with E-state index in [9.17, 15) is 9.59 Å². The van der Waals surface area contributed by atoms with Gasteiger partial charge in [0.15, 0.2) is 6.10 Å². The van der Waals surface area contributed by atoms with Crippen molar-refractivity contribution >= 4 is 39.0 Å². The Morgan fingerprint density at radius 1 is 1.30 bits per heavy atom. The van der Waals surface area contributed by atoms with Crippen LogP contribution in [0.15, 0.2) is 56.8 Å². The van der Waals surface area contributed by atoms with Crippen molar-refractivity contribution in [1.82, 2.24) is 9.66 Å². The summed E-state index contributed by atoms with van der Waals surface area (Å²) in [5.74, 6) is -0.125. The van der Waals surface area contributed by atoms with Gasteiger partial charge < -0.3 is 9.84 Å². The highest BCUT2D eigenvalue weighted by Gasteiger charge is 2.12. The standard InChI is InChI=1S/C19H16BrN3O4/c1-11(19(25)26)27-15-6-3-13(4-7-15)10-21-23-12(2)22-17-8-5-14(20)9-16(17)18(23)24/h3-11H,1-2H3,(H,25,26)/t11-/m1/s1. The number of ether oxygens (including phenoxy) is 1. The van der Waals surface area contributed by atoms with E-state index in [2.05, 4.69) is 26.0 Å². The number of fused-ring (bicyclic) bond motifs is 1. The van der Waals surface area contributed by atoms with Crippen LogP contribution >= 0.6 is 15.9 Å². The quantitative estimate of drug-likeness (QED) is 0.628. The Bertz CT molecular complexity index is 1090. The summed E-state index contributed by atoms with van der Waals surface area (Å²) in [5.41, 5.74) is 1.08. The Morgan fingerprint density at radius 3 is 2.67 bits per heavy atom. The lowest BCUT2D eigenvalue weighted by Gasteiger charge is -2.10. The van der Waals surface area contributed by atoms with Gasteiger partial charge in [-0.05, 0) is 61.9 Å². The van der Waals surface area contributed by atoms with Crippen molar-refractivity contribution in [2.75, 3.05) is 0 Å². The first-order valence-corrected chi connectivity index (χ1v) is 8.87. The summed E-state index contributed by atoms with van der Waals surface area (Å²) in [6.07, 6.45) is 0.596. The molecule has 8 heteroatoms. The molecule has 0 aliphatic carbocycles. The average Bonchev–Trinajstić information content (AvgIpc) is 2.63. The minimum Gasteiger partial charge on any atom is -0.479 e. The molecule has 0 amide bonds. The van der Waals surface area contributed by atoms with Crippen LogP contribution in [0.3, 0.4) is 0 Å². The summed E-state index contributed by atoms with van der Waals surface area (Å²) in [4.78, 5) is 27.9. The minimum atomic E-state index is -1.04. The van der Waals surface area contributed by atoms with E-state index in [-0.39, 0.29) is 5.56 Å². The summed E-state index contributed by atoms with van der Waals surface area (Å²) in [6, 6.07) is 12.1. The van der Waals surface area contributed by atoms with Crippen LogP contribution in [0.4, 0.5) is 0 Å². The van der Waals surface area contributed by atoms with E-state index < -0.39 is 12.1 Å². The minimum absolute atomic E-state index is 0.259. The molecule has 3 aromatic rings. The molecule has 138 valence electrons. The van der Waals surface area contributed by atoms with E-state index in [1.54, 1.807) is 43.3 Å². The molecule has 0 unspecified atom stereocenters. The van der Waals surface area contributed by atoms with Gasteiger partial charge >= 0.3 is 5.97 Å². The lowest BCUT2D eigenvalue weighted by atomic mass is 10.2.